The summed E-state index contributed by atoms with van der Waals surface area (Å²) in [6.07, 6.45) is 1.69. The average molecular weight is 212 g/mol. The zero-order chi connectivity index (χ0) is 11.3. The highest BCUT2D eigenvalue weighted by Crippen LogP contribution is 2.05. The number of esters is 1. The number of hydrogen-bond acceptors (Lipinski definition) is 4. The van der Waals surface area contributed by atoms with Gasteiger partial charge in [0.1, 0.15) is 12.3 Å². The van der Waals surface area contributed by atoms with E-state index in [1.54, 1.807) is 6.20 Å². The Hall–Kier alpha value is -1.49. The lowest BCUT2D eigenvalue weighted by Gasteiger charge is -2.07. The second-order valence-electron chi connectivity index (χ2n) is 3.40. The van der Waals surface area contributed by atoms with E-state index in [9.17, 15) is 4.79 Å². The average Bonchev–Trinajstić information content (AvgIpc) is 2.59. The van der Waals surface area contributed by atoms with Gasteiger partial charge in [0.05, 0.1) is 18.4 Å². The highest BCUT2D eigenvalue weighted by atomic mass is 16.6. The number of hydrogen-bond donors (Lipinski definition) is 2. The van der Waals surface area contributed by atoms with E-state index in [0.29, 0.717) is 18.0 Å². The molecule has 1 aromatic rings. The van der Waals surface area contributed by atoms with Gasteiger partial charge in [0.2, 0.25) is 0 Å². The van der Waals surface area contributed by atoms with E-state index >= 15 is 0 Å². The number of carbonyl (C=O) groups is 1. The van der Waals surface area contributed by atoms with Gasteiger partial charge >= 0.3 is 5.97 Å². The van der Waals surface area contributed by atoms with Crippen molar-refractivity contribution in [2.45, 2.75) is 20.0 Å². The first-order valence-corrected chi connectivity index (χ1v) is 4.82. The van der Waals surface area contributed by atoms with Crippen molar-refractivity contribution in [3.05, 3.63) is 18.0 Å². The summed E-state index contributed by atoms with van der Waals surface area (Å²) in [6, 6.07) is 1.53. The number of carbonyl (C=O) groups excluding carboxylic acids is 1. The quantitative estimate of drug-likeness (QED) is 0.567. The zero-order valence-corrected chi connectivity index (χ0v) is 8.95. The Bertz CT molecular complexity index is 320. The molecule has 0 amide bonds. The van der Waals surface area contributed by atoms with Crippen molar-refractivity contribution in [2.75, 3.05) is 18.9 Å². The highest BCUT2D eigenvalue weighted by Gasteiger charge is 2.08. The molecule has 5 nitrogen and oxygen atoms in total. The van der Waals surface area contributed by atoms with Crippen LogP contribution in [0.4, 0.5) is 5.69 Å². The van der Waals surface area contributed by atoms with Crippen LogP contribution < -0.4 is 5.73 Å². The van der Waals surface area contributed by atoms with E-state index in [0.717, 1.165) is 0 Å². The second-order valence-corrected chi connectivity index (χ2v) is 3.40. The molecule has 0 unspecified atom stereocenters. The molecule has 0 fully saturated rings. The molecule has 0 saturated carbocycles. The van der Waals surface area contributed by atoms with Crippen LogP contribution in [-0.4, -0.2) is 30.3 Å². The minimum absolute atomic E-state index is 0.143. The van der Waals surface area contributed by atoms with Crippen LogP contribution in [0.15, 0.2) is 12.3 Å². The van der Waals surface area contributed by atoms with Gasteiger partial charge in [-0.1, -0.05) is 0 Å². The van der Waals surface area contributed by atoms with Gasteiger partial charge in [-0.05, 0) is 19.9 Å². The van der Waals surface area contributed by atoms with Crippen LogP contribution >= 0.6 is 0 Å². The fourth-order valence-electron chi connectivity index (χ4n) is 1.02. The van der Waals surface area contributed by atoms with E-state index in [2.05, 4.69) is 4.98 Å². The number of H-pyrrole nitrogens is 1. The maximum atomic E-state index is 11.3. The Kier molecular flexibility index (Phi) is 4.17. The van der Waals surface area contributed by atoms with E-state index in [4.69, 9.17) is 15.2 Å². The molecule has 0 bridgehead atoms. The first-order valence-electron chi connectivity index (χ1n) is 4.82. The summed E-state index contributed by atoms with van der Waals surface area (Å²) in [5.41, 5.74) is 6.32. The third-order valence-electron chi connectivity index (χ3n) is 1.69. The molecule has 0 aromatic carbocycles. The smallest absolute Gasteiger partial charge is 0.354 e. The van der Waals surface area contributed by atoms with E-state index in [-0.39, 0.29) is 12.7 Å². The lowest BCUT2D eigenvalue weighted by atomic mass is 10.4. The van der Waals surface area contributed by atoms with E-state index < -0.39 is 5.97 Å². The maximum absolute atomic E-state index is 11.3. The van der Waals surface area contributed by atoms with Gasteiger partial charge < -0.3 is 20.2 Å². The van der Waals surface area contributed by atoms with Gasteiger partial charge in [-0.2, -0.15) is 0 Å². The predicted octanol–water partition coefficient (Wildman–Crippen LogP) is 1.18. The summed E-state index contributed by atoms with van der Waals surface area (Å²) in [5.74, 6) is -0.418. The Balaban J connectivity index is 2.25. The molecule has 1 rings (SSSR count). The molecule has 0 saturated heterocycles. The largest absolute Gasteiger partial charge is 0.459 e. The summed E-state index contributed by atoms with van der Waals surface area (Å²) < 4.78 is 10.2. The summed E-state index contributed by atoms with van der Waals surface area (Å²) in [5, 5.41) is 0. The first-order chi connectivity index (χ1) is 7.09. The van der Waals surface area contributed by atoms with Gasteiger partial charge in [-0.3, -0.25) is 0 Å². The minimum atomic E-state index is -0.418. The van der Waals surface area contributed by atoms with Crippen LogP contribution in [0.5, 0.6) is 0 Å². The van der Waals surface area contributed by atoms with Crippen molar-refractivity contribution in [3.8, 4) is 0 Å². The normalized spacial score (nSPS) is 10.6. The SMILES string of the molecule is CC(C)OCCOC(=O)c1cc(N)c[nH]1. The van der Waals surface area contributed by atoms with Crippen molar-refractivity contribution in [2.24, 2.45) is 0 Å². The molecule has 84 valence electrons. The molecule has 0 radical (unpaired) electrons. The van der Waals surface area contributed by atoms with Crippen molar-refractivity contribution >= 4 is 11.7 Å². The zero-order valence-electron chi connectivity index (χ0n) is 8.95. The molecule has 1 aromatic heterocycles. The van der Waals surface area contributed by atoms with Crippen LogP contribution in [0.1, 0.15) is 24.3 Å². The molecule has 15 heavy (non-hydrogen) atoms. The van der Waals surface area contributed by atoms with Gasteiger partial charge in [0, 0.05) is 6.20 Å². The number of nitrogens with one attached hydrogen (secondary N) is 1. The van der Waals surface area contributed by atoms with Crippen molar-refractivity contribution in [3.63, 3.8) is 0 Å². The summed E-state index contributed by atoms with van der Waals surface area (Å²) in [6.45, 7) is 4.50. The van der Waals surface area contributed by atoms with Crippen LogP contribution in [-0.2, 0) is 9.47 Å². The summed E-state index contributed by atoms with van der Waals surface area (Å²) >= 11 is 0. The molecule has 1 heterocycles. The molecule has 0 aliphatic carbocycles. The van der Waals surface area contributed by atoms with Crippen molar-refractivity contribution < 1.29 is 14.3 Å². The lowest BCUT2D eigenvalue weighted by molar-refractivity contribution is 0.0173. The molecular formula is C10H16N2O3. The fraction of sp³-hybridized carbons (Fsp3) is 0.500. The van der Waals surface area contributed by atoms with Gasteiger partial charge in [0.25, 0.3) is 0 Å². The molecule has 0 aliphatic rings. The number of nitrogen functional groups attached to an aromatic ring is 1. The number of ether oxygens (including phenoxy) is 2. The standard InChI is InChI=1S/C10H16N2O3/c1-7(2)14-3-4-15-10(13)9-5-8(11)6-12-9/h5-7,12H,3-4,11H2,1-2H3. The fourth-order valence-corrected chi connectivity index (χ4v) is 1.02. The van der Waals surface area contributed by atoms with Gasteiger partial charge in [-0.25, -0.2) is 4.79 Å². The van der Waals surface area contributed by atoms with Crippen LogP contribution in [0.3, 0.4) is 0 Å². The maximum Gasteiger partial charge on any atom is 0.354 e. The Morgan fingerprint density at radius 1 is 1.53 bits per heavy atom. The third kappa shape index (κ3) is 4.03. The van der Waals surface area contributed by atoms with Crippen molar-refractivity contribution in [1.82, 2.24) is 4.98 Å². The molecule has 0 aliphatic heterocycles. The number of aromatic amines is 1. The molecule has 0 spiro atoms. The number of anilines is 1. The van der Waals surface area contributed by atoms with Gasteiger partial charge in [-0.15, -0.1) is 0 Å². The lowest BCUT2D eigenvalue weighted by Crippen LogP contribution is -2.13. The monoisotopic (exact) mass is 212 g/mol. The first kappa shape index (κ1) is 11.6. The van der Waals surface area contributed by atoms with E-state index in [1.807, 2.05) is 13.8 Å². The summed E-state index contributed by atoms with van der Waals surface area (Å²) in [7, 11) is 0. The number of aromatic nitrogens is 1. The Labute approximate surface area is 88.6 Å². The Morgan fingerprint density at radius 3 is 2.80 bits per heavy atom. The molecule has 0 atom stereocenters. The number of nitrogens with two attached hydrogens (primary N) is 1. The molecule has 3 N–H and O–H groups in total. The van der Waals surface area contributed by atoms with Gasteiger partial charge in [0.15, 0.2) is 0 Å². The van der Waals surface area contributed by atoms with Crippen LogP contribution in [0, 0.1) is 0 Å². The topological polar surface area (TPSA) is 77.3 Å². The highest BCUT2D eigenvalue weighted by molar-refractivity contribution is 5.88. The Morgan fingerprint density at radius 2 is 2.27 bits per heavy atom. The summed E-state index contributed by atoms with van der Waals surface area (Å²) in [4.78, 5) is 14.1. The number of rotatable bonds is 5. The predicted molar refractivity (Wildman–Crippen MR) is 56.6 cm³/mol. The third-order valence-corrected chi connectivity index (χ3v) is 1.69. The van der Waals surface area contributed by atoms with Crippen LogP contribution in [0.25, 0.3) is 0 Å². The van der Waals surface area contributed by atoms with E-state index in [1.165, 1.54) is 6.07 Å². The second kappa shape index (κ2) is 5.41. The van der Waals surface area contributed by atoms with Crippen LogP contribution in [0.2, 0.25) is 0 Å². The molecule has 5 heteroatoms. The molecular weight excluding hydrogens is 196 g/mol. The van der Waals surface area contributed by atoms with Crippen molar-refractivity contribution in [1.29, 1.82) is 0 Å². The minimum Gasteiger partial charge on any atom is -0.459 e.